The molecule has 0 bridgehead atoms. The molecule has 0 unspecified atom stereocenters. The number of pyridine rings is 1. The smallest absolute Gasteiger partial charge is 0.202 e. The highest BCUT2D eigenvalue weighted by Crippen LogP contribution is 2.50. The molecular formula is C23H21ClFN7. The monoisotopic (exact) mass is 449 g/mol. The Balaban J connectivity index is 1.25. The van der Waals surface area contributed by atoms with Crippen molar-refractivity contribution >= 4 is 28.6 Å². The molecule has 2 aliphatic rings. The van der Waals surface area contributed by atoms with Gasteiger partial charge in [-0.2, -0.15) is 5.10 Å². The number of H-pyrrole nitrogens is 1. The topological polar surface area (TPSA) is 96.6 Å². The molecule has 4 heterocycles. The van der Waals surface area contributed by atoms with Gasteiger partial charge in [0, 0.05) is 30.9 Å². The number of anilines is 1. The molecule has 162 valence electrons. The highest BCUT2D eigenvalue weighted by molar-refractivity contribution is 6.29. The fraction of sp³-hybridized carbons (Fsp3) is 0.304. The van der Waals surface area contributed by atoms with Gasteiger partial charge in [0.15, 0.2) is 11.0 Å². The number of nitrogens with one attached hydrogen (secondary N) is 1. The van der Waals surface area contributed by atoms with Gasteiger partial charge in [0.1, 0.15) is 11.3 Å². The maximum Gasteiger partial charge on any atom is 0.202 e. The minimum Gasteiger partial charge on any atom is -0.355 e. The Labute approximate surface area is 188 Å². The normalized spacial score (nSPS) is 19.6. The van der Waals surface area contributed by atoms with Gasteiger partial charge < -0.3 is 10.6 Å². The lowest BCUT2D eigenvalue weighted by atomic mass is 9.73. The van der Waals surface area contributed by atoms with Crippen LogP contribution in [0.4, 0.5) is 10.2 Å². The quantitative estimate of drug-likeness (QED) is 0.448. The third kappa shape index (κ3) is 2.90. The second kappa shape index (κ2) is 7.21. The van der Waals surface area contributed by atoms with E-state index in [1.165, 1.54) is 23.4 Å². The SMILES string of the molecule is N[C@H]1c2ccccc2CC12CCN(c1cnc3c(-c4ccnc(Cl)c4F)[nH]nc3n1)CC2. The predicted octanol–water partition coefficient (Wildman–Crippen LogP) is 4.05. The number of nitrogens with zero attached hydrogens (tertiary/aromatic N) is 5. The van der Waals surface area contributed by atoms with Crippen LogP contribution in [-0.2, 0) is 6.42 Å². The van der Waals surface area contributed by atoms with E-state index in [1.807, 2.05) is 0 Å². The highest BCUT2D eigenvalue weighted by atomic mass is 35.5. The molecular weight excluding hydrogens is 429 g/mol. The van der Waals surface area contributed by atoms with Gasteiger partial charge in [-0.3, -0.25) is 5.10 Å². The molecule has 1 spiro atoms. The molecule has 1 fully saturated rings. The molecule has 4 aromatic rings. The van der Waals surface area contributed by atoms with Crippen LogP contribution in [0.25, 0.3) is 22.4 Å². The minimum absolute atomic E-state index is 0.0744. The van der Waals surface area contributed by atoms with E-state index >= 15 is 0 Å². The van der Waals surface area contributed by atoms with Crippen LogP contribution in [-0.4, -0.2) is 38.2 Å². The summed E-state index contributed by atoms with van der Waals surface area (Å²) in [5.41, 5.74) is 11.1. The summed E-state index contributed by atoms with van der Waals surface area (Å²) in [6, 6.07) is 10.1. The molecule has 3 aromatic heterocycles. The van der Waals surface area contributed by atoms with Gasteiger partial charge in [0.25, 0.3) is 0 Å². The Morgan fingerprint density at radius 1 is 1.16 bits per heavy atom. The van der Waals surface area contributed by atoms with Crippen LogP contribution in [0.1, 0.15) is 30.0 Å². The summed E-state index contributed by atoms with van der Waals surface area (Å²) in [4.78, 5) is 15.2. The maximum absolute atomic E-state index is 14.4. The van der Waals surface area contributed by atoms with Crippen molar-refractivity contribution in [2.45, 2.75) is 25.3 Å². The first-order chi connectivity index (χ1) is 15.6. The summed E-state index contributed by atoms with van der Waals surface area (Å²) in [6.45, 7) is 1.71. The first-order valence-corrected chi connectivity index (χ1v) is 11.0. The van der Waals surface area contributed by atoms with Gasteiger partial charge in [-0.05, 0) is 41.9 Å². The standard InChI is InChI=1S/C23H21ClFN7/c24-21-17(25)15(5-8-27-21)18-19-22(31-30-18)29-16(12-28-19)32-9-6-23(7-10-32)11-13-3-1-2-4-14(13)20(23)26/h1-5,8,12,20H,6-7,9-11,26H2,(H,29,30,31)/t20-/m0/s1. The zero-order valence-corrected chi connectivity index (χ0v) is 18.0. The molecule has 6 rings (SSSR count). The molecule has 1 saturated heterocycles. The number of aromatic amines is 1. The number of halogens is 2. The first-order valence-electron chi connectivity index (χ1n) is 10.7. The lowest BCUT2D eigenvalue weighted by Crippen LogP contribution is -2.44. The number of aromatic nitrogens is 5. The third-order valence-electron chi connectivity index (χ3n) is 7.04. The molecule has 0 radical (unpaired) electrons. The molecule has 3 N–H and O–H groups in total. The summed E-state index contributed by atoms with van der Waals surface area (Å²) in [6.07, 6.45) is 6.20. The second-order valence-corrected chi connectivity index (χ2v) is 9.02. The van der Waals surface area contributed by atoms with E-state index in [4.69, 9.17) is 17.3 Å². The van der Waals surface area contributed by atoms with Crippen LogP contribution in [0.15, 0.2) is 42.7 Å². The Morgan fingerprint density at radius 3 is 2.78 bits per heavy atom. The molecule has 7 nitrogen and oxygen atoms in total. The number of piperidine rings is 1. The molecule has 1 aliphatic heterocycles. The molecule has 0 amide bonds. The zero-order chi connectivity index (χ0) is 21.9. The summed E-state index contributed by atoms with van der Waals surface area (Å²) in [7, 11) is 0. The summed E-state index contributed by atoms with van der Waals surface area (Å²) >= 11 is 5.83. The van der Waals surface area contributed by atoms with Crippen molar-refractivity contribution in [2.24, 2.45) is 11.1 Å². The summed E-state index contributed by atoms with van der Waals surface area (Å²) < 4.78 is 14.4. The fourth-order valence-corrected chi connectivity index (χ4v) is 5.38. The van der Waals surface area contributed by atoms with E-state index in [9.17, 15) is 4.39 Å². The van der Waals surface area contributed by atoms with Crippen LogP contribution in [0.3, 0.4) is 0 Å². The van der Waals surface area contributed by atoms with E-state index in [0.717, 1.165) is 38.2 Å². The Hall–Kier alpha value is -3.10. The van der Waals surface area contributed by atoms with Gasteiger partial charge in [-0.25, -0.2) is 19.3 Å². The van der Waals surface area contributed by atoms with Gasteiger partial charge in [0.05, 0.1) is 11.9 Å². The predicted molar refractivity (Wildman–Crippen MR) is 121 cm³/mol. The lowest BCUT2D eigenvalue weighted by Gasteiger charge is -2.42. The van der Waals surface area contributed by atoms with Crippen molar-refractivity contribution in [3.8, 4) is 11.3 Å². The van der Waals surface area contributed by atoms with Crippen molar-refractivity contribution in [3.05, 3.63) is 64.8 Å². The van der Waals surface area contributed by atoms with Crippen LogP contribution >= 0.6 is 11.6 Å². The molecule has 32 heavy (non-hydrogen) atoms. The van der Waals surface area contributed by atoms with Crippen LogP contribution in [0, 0.1) is 11.2 Å². The van der Waals surface area contributed by atoms with E-state index in [-0.39, 0.29) is 22.2 Å². The number of benzene rings is 1. The van der Waals surface area contributed by atoms with Crippen molar-refractivity contribution in [1.82, 2.24) is 25.1 Å². The van der Waals surface area contributed by atoms with Crippen molar-refractivity contribution < 1.29 is 4.39 Å². The molecule has 1 aliphatic carbocycles. The van der Waals surface area contributed by atoms with Crippen molar-refractivity contribution in [2.75, 3.05) is 18.0 Å². The van der Waals surface area contributed by atoms with E-state index in [1.54, 1.807) is 6.20 Å². The Morgan fingerprint density at radius 2 is 1.97 bits per heavy atom. The molecule has 1 atom stereocenters. The Bertz CT molecular complexity index is 1330. The lowest BCUT2D eigenvalue weighted by molar-refractivity contribution is 0.187. The minimum atomic E-state index is -0.610. The number of hydrogen-bond donors (Lipinski definition) is 2. The van der Waals surface area contributed by atoms with E-state index in [2.05, 4.69) is 54.3 Å². The first kappa shape index (κ1) is 19.6. The number of nitrogens with two attached hydrogens (primary N) is 1. The van der Waals surface area contributed by atoms with E-state index in [0.29, 0.717) is 16.9 Å². The molecule has 1 aromatic carbocycles. The molecule has 9 heteroatoms. The van der Waals surface area contributed by atoms with Crippen molar-refractivity contribution in [1.29, 1.82) is 0 Å². The average Bonchev–Trinajstić information content (AvgIpc) is 3.35. The summed E-state index contributed by atoms with van der Waals surface area (Å²) in [5.74, 6) is 0.156. The fourth-order valence-electron chi connectivity index (χ4n) is 5.22. The van der Waals surface area contributed by atoms with Gasteiger partial charge >= 0.3 is 0 Å². The summed E-state index contributed by atoms with van der Waals surface area (Å²) in [5, 5.41) is 6.91. The van der Waals surface area contributed by atoms with Gasteiger partial charge in [0.2, 0.25) is 5.65 Å². The van der Waals surface area contributed by atoms with Crippen molar-refractivity contribution in [3.63, 3.8) is 0 Å². The Kier molecular flexibility index (Phi) is 4.41. The average molecular weight is 450 g/mol. The molecule has 0 saturated carbocycles. The number of rotatable bonds is 2. The number of hydrogen-bond acceptors (Lipinski definition) is 6. The van der Waals surface area contributed by atoms with Crippen LogP contribution in [0.2, 0.25) is 5.15 Å². The maximum atomic E-state index is 14.4. The van der Waals surface area contributed by atoms with Crippen LogP contribution in [0.5, 0.6) is 0 Å². The van der Waals surface area contributed by atoms with Gasteiger partial charge in [-0.1, -0.05) is 35.9 Å². The largest absolute Gasteiger partial charge is 0.355 e. The second-order valence-electron chi connectivity index (χ2n) is 8.67. The van der Waals surface area contributed by atoms with Gasteiger partial charge in [-0.15, -0.1) is 0 Å². The number of fused-ring (bicyclic) bond motifs is 2. The van der Waals surface area contributed by atoms with E-state index < -0.39 is 5.82 Å². The zero-order valence-electron chi connectivity index (χ0n) is 17.2. The third-order valence-corrected chi connectivity index (χ3v) is 7.31. The van der Waals surface area contributed by atoms with Crippen LogP contribution < -0.4 is 10.6 Å². The highest BCUT2D eigenvalue weighted by Gasteiger charge is 2.45.